The molecule has 0 aliphatic rings. The third kappa shape index (κ3) is 2.82. The lowest BCUT2D eigenvalue weighted by Crippen LogP contribution is -2.26. The molecule has 0 unspecified atom stereocenters. The summed E-state index contributed by atoms with van der Waals surface area (Å²) in [5.74, 6) is 0. The van der Waals surface area contributed by atoms with Gasteiger partial charge in [-0.3, -0.25) is 0 Å². The molecule has 0 amide bonds. The minimum absolute atomic E-state index is 1.26. The average molecular weight is 250 g/mol. The van der Waals surface area contributed by atoms with Crippen molar-refractivity contribution in [2.45, 2.75) is 13.8 Å². The van der Waals surface area contributed by atoms with E-state index in [0.717, 1.165) is 0 Å². The van der Waals surface area contributed by atoms with Gasteiger partial charge in [0.15, 0.2) is 12.4 Å². The van der Waals surface area contributed by atoms with Gasteiger partial charge in [-0.1, -0.05) is 62.4 Å². The number of pyridine rings is 1. The van der Waals surface area contributed by atoms with Crippen molar-refractivity contribution < 1.29 is 4.57 Å². The van der Waals surface area contributed by atoms with Crippen molar-refractivity contribution in [2.75, 3.05) is 0 Å². The van der Waals surface area contributed by atoms with Gasteiger partial charge in [0, 0.05) is 10.8 Å². The third-order valence-corrected chi connectivity index (χ3v) is 3.01. The quantitative estimate of drug-likeness (QED) is 0.565. The zero-order valence-electron chi connectivity index (χ0n) is 11.8. The predicted molar refractivity (Wildman–Crippen MR) is 81.9 cm³/mol. The molecule has 0 spiro atoms. The minimum Gasteiger partial charge on any atom is -0.207 e. The molecule has 0 saturated carbocycles. The first-order chi connectivity index (χ1) is 9.34. The van der Waals surface area contributed by atoms with E-state index in [0.29, 0.717) is 0 Å². The summed E-state index contributed by atoms with van der Waals surface area (Å²) in [5, 5.41) is 2.58. The lowest BCUT2D eigenvalue weighted by Gasteiger charge is -2.04. The van der Waals surface area contributed by atoms with Gasteiger partial charge in [-0.15, -0.1) is 0 Å². The highest BCUT2D eigenvalue weighted by Crippen LogP contribution is 2.26. The highest BCUT2D eigenvalue weighted by Gasteiger charge is 2.08. The molecule has 0 radical (unpaired) electrons. The molecule has 3 rings (SSSR count). The van der Waals surface area contributed by atoms with E-state index in [4.69, 9.17) is 0 Å². The molecule has 0 N–H and O–H groups in total. The number of hydrogen-bond donors (Lipinski definition) is 0. The Hall–Kier alpha value is -2.15. The van der Waals surface area contributed by atoms with Crippen LogP contribution in [-0.4, -0.2) is 0 Å². The van der Waals surface area contributed by atoms with Crippen molar-refractivity contribution in [3.63, 3.8) is 0 Å². The van der Waals surface area contributed by atoms with Gasteiger partial charge in [0.1, 0.15) is 7.05 Å². The molecule has 96 valence electrons. The van der Waals surface area contributed by atoms with E-state index in [1.54, 1.807) is 0 Å². The van der Waals surface area contributed by atoms with E-state index in [-0.39, 0.29) is 0 Å². The van der Waals surface area contributed by atoms with Crippen LogP contribution in [-0.2, 0) is 7.05 Å². The summed E-state index contributed by atoms with van der Waals surface area (Å²) in [6.45, 7) is 4.00. The second-order valence-corrected chi connectivity index (χ2v) is 4.29. The van der Waals surface area contributed by atoms with Gasteiger partial charge in [-0.25, -0.2) is 4.57 Å². The van der Waals surface area contributed by atoms with Crippen LogP contribution in [0.3, 0.4) is 0 Å². The number of aryl methyl sites for hydroxylation is 1. The van der Waals surface area contributed by atoms with Crippen LogP contribution in [0.1, 0.15) is 13.8 Å². The van der Waals surface area contributed by atoms with E-state index < -0.39 is 0 Å². The van der Waals surface area contributed by atoms with Crippen LogP contribution >= 0.6 is 0 Å². The van der Waals surface area contributed by atoms with E-state index in [9.17, 15) is 0 Å². The standard InChI is InChI=1S/C16H14N.C2H6/c1-17-11-14-9-5-6-10-15(14)16(12-17)13-7-3-2-4-8-13;1-2/h2-12H,1H3;1-2H3/q+1;. The Morgan fingerprint density at radius 1 is 0.737 bits per heavy atom. The average Bonchev–Trinajstić information content (AvgIpc) is 2.49. The number of aromatic nitrogens is 1. The highest BCUT2D eigenvalue weighted by molar-refractivity contribution is 5.94. The molecule has 3 aromatic rings. The van der Waals surface area contributed by atoms with Crippen molar-refractivity contribution in [2.24, 2.45) is 7.05 Å². The summed E-state index contributed by atoms with van der Waals surface area (Å²) in [5.41, 5.74) is 2.55. The summed E-state index contributed by atoms with van der Waals surface area (Å²) in [6.07, 6.45) is 4.33. The monoisotopic (exact) mass is 250 g/mol. The lowest BCUT2D eigenvalue weighted by molar-refractivity contribution is -0.669. The van der Waals surface area contributed by atoms with Gasteiger partial charge >= 0.3 is 0 Å². The van der Waals surface area contributed by atoms with Crippen molar-refractivity contribution >= 4 is 10.8 Å². The molecule has 0 saturated heterocycles. The Bertz CT molecular complexity index is 657. The molecule has 1 heterocycles. The summed E-state index contributed by atoms with van der Waals surface area (Å²) in [6, 6.07) is 19.0. The fourth-order valence-corrected chi connectivity index (χ4v) is 2.23. The van der Waals surface area contributed by atoms with E-state index >= 15 is 0 Å². The van der Waals surface area contributed by atoms with Crippen LogP contribution < -0.4 is 4.57 Å². The Balaban J connectivity index is 0.000000637. The second-order valence-electron chi connectivity index (χ2n) is 4.29. The number of nitrogens with zero attached hydrogens (tertiary/aromatic N) is 1. The molecule has 1 aromatic heterocycles. The molecule has 0 aliphatic heterocycles. The molecule has 1 heteroatoms. The lowest BCUT2D eigenvalue weighted by atomic mass is 10.0. The van der Waals surface area contributed by atoms with Crippen LogP contribution in [0.5, 0.6) is 0 Å². The van der Waals surface area contributed by atoms with Crippen molar-refractivity contribution in [1.29, 1.82) is 0 Å². The minimum atomic E-state index is 1.26. The largest absolute Gasteiger partial charge is 0.207 e. The van der Waals surface area contributed by atoms with E-state index in [1.807, 2.05) is 13.8 Å². The second kappa shape index (κ2) is 6.14. The topological polar surface area (TPSA) is 3.88 Å². The zero-order chi connectivity index (χ0) is 13.7. The molecule has 0 aliphatic carbocycles. The van der Waals surface area contributed by atoms with E-state index in [1.165, 1.54) is 21.9 Å². The summed E-state index contributed by atoms with van der Waals surface area (Å²) in [4.78, 5) is 0. The van der Waals surface area contributed by atoms with Crippen molar-refractivity contribution in [3.05, 3.63) is 67.0 Å². The first-order valence-corrected chi connectivity index (χ1v) is 6.78. The Morgan fingerprint density at radius 2 is 1.37 bits per heavy atom. The Labute approximate surface area is 115 Å². The molecule has 0 bridgehead atoms. The fraction of sp³-hybridized carbons (Fsp3) is 0.167. The molecule has 2 aromatic carbocycles. The maximum absolute atomic E-state index is 2.18. The summed E-state index contributed by atoms with van der Waals surface area (Å²) >= 11 is 0. The normalized spacial score (nSPS) is 9.84. The number of rotatable bonds is 1. The number of hydrogen-bond acceptors (Lipinski definition) is 0. The Morgan fingerprint density at radius 3 is 2.11 bits per heavy atom. The molecular weight excluding hydrogens is 230 g/mol. The maximum atomic E-state index is 2.18. The highest BCUT2D eigenvalue weighted by atomic mass is 14.9. The van der Waals surface area contributed by atoms with Gasteiger partial charge in [-0.05, 0) is 11.6 Å². The predicted octanol–water partition coefficient (Wildman–Crippen LogP) is 4.36. The van der Waals surface area contributed by atoms with Gasteiger partial charge in [-0.2, -0.15) is 0 Å². The first-order valence-electron chi connectivity index (χ1n) is 6.78. The zero-order valence-corrected chi connectivity index (χ0v) is 11.8. The molecule has 1 nitrogen and oxygen atoms in total. The maximum Gasteiger partial charge on any atom is 0.177 e. The van der Waals surface area contributed by atoms with Gasteiger partial charge in [0.25, 0.3) is 0 Å². The number of fused-ring (bicyclic) bond motifs is 1. The number of benzene rings is 2. The fourth-order valence-electron chi connectivity index (χ4n) is 2.23. The molecule has 0 fully saturated rings. The van der Waals surface area contributed by atoms with Crippen LogP contribution in [0, 0.1) is 0 Å². The summed E-state index contributed by atoms with van der Waals surface area (Å²) in [7, 11) is 2.07. The molecular formula is C18H20N+. The smallest absolute Gasteiger partial charge is 0.177 e. The van der Waals surface area contributed by atoms with Crippen molar-refractivity contribution in [1.82, 2.24) is 0 Å². The van der Waals surface area contributed by atoms with Crippen LogP contribution in [0.15, 0.2) is 67.0 Å². The van der Waals surface area contributed by atoms with Gasteiger partial charge in [0.2, 0.25) is 0 Å². The van der Waals surface area contributed by atoms with Crippen LogP contribution in [0.4, 0.5) is 0 Å². The molecule has 19 heavy (non-hydrogen) atoms. The van der Waals surface area contributed by atoms with Crippen molar-refractivity contribution in [3.8, 4) is 11.1 Å². The first kappa shape index (κ1) is 13.3. The Kier molecular flexibility index (Phi) is 4.30. The van der Waals surface area contributed by atoms with Gasteiger partial charge < -0.3 is 0 Å². The van der Waals surface area contributed by atoms with Crippen LogP contribution in [0.2, 0.25) is 0 Å². The third-order valence-electron chi connectivity index (χ3n) is 3.01. The molecule has 0 atom stereocenters. The van der Waals surface area contributed by atoms with Gasteiger partial charge in [0.05, 0.1) is 5.56 Å². The van der Waals surface area contributed by atoms with Crippen LogP contribution in [0.25, 0.3) is 21.9 Å². The van der Waals surface area contributed by atoms with E-state index in [2.05, 4.69) is 78.6 Å². The SMILES string of the molecule is CC.C[n+]1cc(-c2ccccc2)c2ccccc2c1. The summed E-state index contributed by atoms with van der Waals surface area (Å²) < 4.78 is 2.12.